The molecule has 0 fully saturated rings. The summed E-state index contributed by atoms with van der Waals surface area (Å²) >= 11 is 0. The van der Waals surface area contributed by atoms with Crippen molar-refractivity contribution in [3.05, 3.63) is 83.9 Å². The van der Waals surface area contributed by atoms with Crippen molar-refractivity contribution in [1.29, 1.82) is 0 Å². The zero-order valence-electron chi connectivity index (χ0n) is 16.4. The lowest BCUT2D eigenvalue weighted by molar-refractivity contribution is -0.114. The fraction of sp³-hybridized carbons (Fsp3) is 0.130. The third kappa shape index (κ3) is 5.35. The Morgan fingerprint density at radius 3 is 2.24 bits per heavy atom. The molecule has 0 unspecified atom stereocenters. The Balaban J connectivity index is 1.55. The number of carbonyl (C=O) groups excluding carboxylic acids is 2. The second kappa shape index (κ2) is 9.41. The van der Waals surface area contributed by atoms with Gasteiger partial charge in [-0.25, -0.2) is 0 Å². The Morgan fingerprint density at radius 1 is 0.862 bits per heavy atom. The molecule has 0 aliphatic carbocycles. The maximum absolute atomic E-state index is 12.3. The van der Waals surface area contributed by atoms with Crippen molar-refractivity contribution < 1.29 is 14.3 Å². The predicted octanol–water partition coefficient (Wildman–Crippen LogP) is 4.20. The van der Waals surface area contributed by atoms with Gasteiger partial charge in [0, 0.05) is 24.0 Å². The van der Waals surface area contributed by atoms with Crippen LogP contribution in [0, 0.1) is 6.92 Å². The van der Waals surface area contributed by atoms with Gasteiger partial charge in [-0.1, -0.05) is 24.3 Å². The molecule has 0 heterocycles. The topological polar surface area (TPSA) is 79.5 Å². The minimum Gasteiger partial charge on any atom is -0.457 e. The molecule has 3 N–H and O–H groups in total. The van der Waals surface area contributed by atoms with Crippen LogP contribution in [0.2, 0.25) is 0 Å². The van der Waals surface area contributed by atoms with Gasteiger partial charge in [0.05, 0.1) is 6.54 Å². The quantitative estimate of drug-likeness (QED) is 0.566. The van der Waals surface area contributed by atoms with Crippen molar-refractivity contribution in [2.24, 2.45) is 0 Å². The summed E-state index contributed by atoms with van der Waals surface area (Å²) in [6, 6.07) is 22.0. The molecular weight excluding hydrogens is 366 g/mol. The van der Waals surface area contributed by atoms with Gasteiger partial charge in [0.2, 0.25) is 5.91 Å². The summed E-state index contributed by atoms with van der Waals surface area (Å²) in [6.45, 7) is 1.93. The van der Waals surface area contributed by atoms with Crippen molar-refractivity contribution in [2.75, 3.05) is 24.2 Å². The highest BCUT2D eigenvalue weighted by atomic mass is 16.5. The minimum atomic E-state index is -0.188. The van der Waals surface area contributed by atoms with Gasteiger partial charge in [0.1, 0.15) is 11.5 Å². The molecule has 0 saturated heterocycles. The summed E-state index contributed by atoms with van der Waals surface area (Å²) in [5.41, 5.74) is 2.79. The van der Waals surface area contributed by atoms with Crippen molar-refractivity contribution in [2.45, 2.75) is 6.92 Å². The Hall–Kier alpha value is -3.80. The highest BCUT2D eigenvalue weighted by molar-refractivity contribution is 5.97. The molecule has 3 aromatic carbocycles. The van der Waals surface area contributed by atoms with Crippen LogP contribution in [-0.4, -0.2) is 25.4 Å². The number of nitrogens with one attached hydrogen (secondary N) is 3. The highest BCUT2D eigenvalue weighted by Crippen LogP contribution is 2.23. The molecule has 2 amide bonds. The van der Waals surface area contributed by atoms with Crippen LogP contribution in [0.4, 0.5) is 11.4 Å². The Kier molecular flexibility index (Phi) is 6.47. The third-order valence-electron chi connectivity index (χ3n) is 4.36. The van der Waals surface area contributed by atoms with Crippen LogP contribution in [0.3, 0.4) is 0 Å². The zero-order valence-corrected chi connectivity index (χ0v) is 16.4. The van der Waals surface area contributed by atoms with Crippen LogP contribution < -0.4 is 20.7 Å². The number of rotatable bonds is 7. The first-order valence-electron chi connectivity index (χ1n) is 9.25. The second-order valence-corrected chi connectivity index (χ2v) is 6.40. The van der Waals surface area contributed by atoms with E-state index in [0.717, 1.165) is 17.0 Å². The SMILES string of the molecule is CNC(=O)c1cccc(NCC(=O)Nc2ccc(Oc3ccccc3)cc2)c1C. The molecule has 0 aliphatic heterocycles. The molecule has 0 spiro atoms. The normalized spacial score (nSPS) is 10.1. The van der Waals surface area contributed by atoms with E-state index in [9.17, 15) is 9.59 Å². The van der Waals surface area contributed by atoms with Gasteiger partial charge < -0.3 is 20.7 Å². The van der Waals surface area contributed by atoms with E-state index in [2.05, 4.69) is 16.0 Å². The number of anilines is 2. The van der Waals surface area contributed by atoms with Crippen LogP contribution in [0.5, 0.6) is 11.5 Å². The summed E-state index contributed by atoms with van der Waals surface area (Å²) < 4.78 is 5.74. The van der Waals surface area contributed by atoms with Crippen molar-refractivity contribution >= 4 is 23.2 Å². The van der Waals surface area contributed by atoms with Gasteiger partial charge in [-0.05, 0) is 61.0 Å². The summed E-state index contributed by atoms with van der Waals surface area (Å²) in [5, 5.41) is 8.52. The first kappa shape index (κ1) is 19.9. The summed E-state index contributed by atoms with van der Waals surface area (Å²) in [7, 11) is 1.59. The lowest BCUT2D eigenvalue weighted by Gasteiger charge is -2.13. The van der Waals surface area contributed by atoms with Crippen LogP contribution in [0.25, 0.3) is 0 Å². The molecule has 6 nitrogen and oxygen atoms in total. The van der Waals surface area contributed by atoms with Gasteiger partial charge >= 0.3 is 0 Å². The number of hydrogen-bond acceptors (Lipinski definition) is 4. The molecule has 6 heteroatoms. The lowest BCUT2D eigenvalue weighted by Crippen LogP contribution is -2.23. The van der Waals surface area contributed by atoms with E-state index in [1.807, 2.05) is 43.3 Å². The van der Waals surface area contributed by atoms with Gasteiger partial charge in [-0.15, -0.1) is 0 Å². The van der Waals surface area contributed by atoms with Crippen LogP contribution in [-0.2, 0) is 4.79 Å². The standard InChI is InChI=1S/C23H23N3O3/c1-16-20(23(28)24-2)9-6-10-21(16)25-15-22(27)26-17-11-13-19(14-12-17)29-18-7-4-3-5-8-18/h3-14,25H,15H2,1-2H3,(H,24,28)(H,26,27). The third-order valence-corrected chi connectivity index (χ3v) is 4.36. The number of amides is 2. The van der Waals surface area contributed by atoms with Gasteiger partial charge in [0.15, 0.2) is 0 Å². The summed E-state index contributed by atoms with van der Waals surface area (Å²) in [4.78, 5) is 24.1. The van der Waals surface area contributed by atoms with E-state index in [1.165, 1.54) is 0 Å². The summed E-state index contributed by atoms with van der Waals surface area (Å²) in [5.74, 6) is 1.09. The Labute approximate surface area is 169 Å². The largest absolute Gasteiger partial charge is 0.457 e. The number of benzene rings is 3. The van der Waals surface area contributed by atoms with E-state index < -0.39 is 0 Å². The average Bonchev–Trinajstić information content (AvgIpc) is 2.74. The molecule has 3 aromatic rings. The summed E-state index contributed by atoms with van der Waals surface area (Å²) in [6.07, 6.45) is 0. The first-order valence-corrected chi connectivity index (χ1v) is 9.25. The molecule has 29 heavy (non-hydrogen) atoms. The molecule has 0 saturated carbocycles. The molecule has 0 aromatic heterocycles. The van der Waals surface area contributed by atoms with E-state index in [4.69, 9.17) is 4.74 Å². The fourth-order valence-electron chi connectivity index (χ4n) is 2.82. The first-order chi connectivity index (χ1) is 14.1. The number of ether oxygens (including phenoxy) is 1. The maximum atomic E-state index is 12.3. The molecular formula is C23H23N3O3. The van der Waals surface area contributed by atoms with Crippen molar-refractivity contribution in [3.63, 3.8) is 0 Å². The van der Waals surface area contributed by atoms with Gasteiger partial charge in [-0.2, -0.15) is 0 Å². The number of carbonyl (C=O) groups is 2. The molecule has 0 aliphatic rings. The molecule has 3 rings (SSSR count). The van der Waals surface area contributed by atoms with Crippen LogP contribution in [0.15, 0.2) is 72.8 Å². The van der Waals surface area contributed by atoms with Crippen molar-refractivity contribution in [3.8, 4) is 11.5 Å². The molecule has 148 valence electrons. The second-order valence-electron chi connectivity index (χ2n) is 6.40. The van der Waals surface area contributed by atoms with Gasteiger partial charge in [0.25, 0.3) is 5.91 Å². The highest BCUT2D eigenvalue weighted by Gasteiger charge is 2.11. The molecule has 0 bridgehead atoms. The van der Waals surface area contributed by atoms with E-state index >= 15 is 0 Å². The van der Waals surface area contributed by atoms with E-state index in [-0.39, 0.29) is 18.4 Å². The Morgan fingerprint density at radius 2 is 1.55 bits per heavy atom. The van der Waals surface area contributed by atoms with Crippen molar-refractivity contribution in [1.82, 2.24) is 5.32 Å². The predicted molar refractivity (Wildman–Crippen MR) is 115 cm³/mol. The number of hydrogen-bond donors (Lipinski definition) is 3. The lowest BCUT2D eigenvalue weighted by atomic mass is 10.1. The molecule has 0 atom stereocenters. The average molecular weight is 389 g/mol. The molecule has 0 radical (unpaired) electrons. The minimum absolute atomic E-state index is 0.0836. The van der Waals surface area contributed by atoms with E-state index in [0.29, 0.717) is 17.0 Å². The van der Waals surface area contributed by atoms with Crippen LogP contribution in [0.1, 0.15) is 15.9 Å². The fourth-order valence-corrected chi connectivity index (χ4v) is 2.82. The number of para-hydroxylation sites is 1. The van der Waals surface area contributed by atoms with Gasteiger partial charge in [-0.3, -0.25) is 9.59 Å². The zero-order chi connectivity index (χ0) is 20.6. The van der Waals surface area contributed by atoms with E-state index in [1.54, 1.807) is 43.4 Å². The smallest absolute Gasteiger partial charge is 0.251 e. The van der Waals surface area contributed by atoms with Crippen LogP contribution >= 0.6 is 0 Å². The monoisotopic (exact) mass is 389 g/mol. The maximum Gasteiger partial charge on any atom is 0.251 e. The Bertz CT molecular complexity index is 986.